The summed E-state index contributed by atoms with van der Waals surface area (Å²) in [6, 6.07) is 10.4. The van der Waals surface area contributed by atoms with Gasteiger partial charge in [0.1, 0.15) is 0 Å². The Morgan fingerprint density at radius 3 is 2.58 bits per heavy atom. The number of nitrogens with zero attached hydrogens (tertiary/aromatic N) is 1. The highest BCUT2D eigenvalue weighted by Crippen LogP contribution is 2.21. The minimum absolute atomic E-state index is 0.399. The van der Waals surface area contributed by atoms with E-state index in [0.29, 0.717) is 38.8 Å². The molecule has 1 saturated heterocycles. The van der Waals surface area contributed by atoms with Gasteiger partial charge in [-0.05, 0) is 44.1 Å². The van der Waals surface area contributed by atoms with Crippen molar-refractivity contribution in [2.75, 3.05) is 32.8 Å². The van der Waals surface area contributed by atoms with Crippen LogP contribution in [0, 0.1) is 5.92 Å². The fourth-order valence-corrected chi connectivity index (χ4v) is 3.03. The van der Waals surface area contributed by atoms with Gasteiger partial charge in [0.05, 0.1) is 0 Å². The molecule has 1 aliphatic rings. The van der Waals surface area contributed by atoms with E-state index in [9.17, 15) is 9.59 Å². The van der Waals surface area contributed by atoms with E-state index < -0.39 is 11.8 Å². The first-order chi connectivity index (χ1) is 11.7. The van der Waals surface area contributed by atoms with Crippen molar-refractivity contribution < 1.29 is 14.3 Å². The van der Waals surface area contributed by atoms with E-state index in [1.165, 1.54) is 5.56 Å². The van der Waals surface area contributed by atoms with Gasteiger partial charge in [-0.15, -0.1) is 0 Å². The van der Waals surface area contributed by atoms with E-state index in [2.05, 4.69) is 29.6 Å². The minimum Gasteiger partial charge on any atom is -0.382 e. The van der Waals surface area contributed by atoms with Gasteiger partial charge >= 0.3 is 11.8 Å². The molecule has 1 aromatic carbocycles. The van der Waals surface area contributed by atoms with E-state index in [0.717, 1.165) is 25.7 Å². The highest BCUT2D eigenvalue weighted by molar-refractivity contribution is 6.35. The van der Waals surface area contributed by atoms with Crippen molar-refractivity contribution in [3.05, 3.63) is 35.9 Å². The number of hydrogen-bond acceptors (Lipinski definition) is 3. The Hall–Kier alpha value is -1.88. The second-order valence-electron chi connectivity index (χ2n) is 6.23. The molecule has 132 valence electrons. The molecule has 0 aliphatic carbocycles. The van der Waals surface area contributed by atoms with Crippen LogP contribution in [0.4, 0.5) is 0 Å². The summed E-state index contributed by atoms with van der Waals surface area (Å²) in [5.74, 6) is -0.303. The van der Waals surface area contributed by atoms with Crippen molar-refractivity contribution in [3.8, 4) is 0 Å². The normalized spacial score (nSPS) is 15.3. The Morgan fingerprint density at radius 1 is 1.21 bits per heavy atom. The van der Waals surface area contributed by atoms with Gasteiger partial charge in [0.2, 0.25) is 0 Å². The first kappa shape index (κ1) is 18.5. The number of likely N-dealkylation sites (tertiary alicyclic amines) is 1. The molecule has 1 heterocycles. The topological polar surface area (TPSA) is 58.6 Å². The maximum absolute atomic E-state index is 12.2. The van der Waals surface area contributed by atoms with Gasteiger partial charge in [-0.2, -0.15) is 0 Å². The number of hydrogen-bond donors (Lipinski definition) is 1. The number of piperidine rings is 1. The van der Waals surface area contributed by atoms with Crippen LogP contribution >= 0.6 is 0 Å². The van der Waals surface area contributed by atoms with E-state index in [-0.39, 0.29) is 0 Å². The minimum atomic E-state index is -0.493. The predicted molar refractivity (Wildman–Crippen MR) is 93.6 cm³/mol. The molecule has 24 heavy (non-hydrogen) atoms. The zero-order valence-corrected chi connectivity index (χ0v) is 14.5. The van der Waals surface area contributed by atoms with Gasteiger partial charge in [0.15, 0.2) is 0 Å². The monoisotopic (exact) mass is 332 g/mol. The summed E-state index contributed by atoms with van der Waals surface area (Å²) in [5, 5.41) is 2.68. The second kappa shape index (κ2) is 10.1. The fourth-order valence-electron chi connectivity index (χ4n) is 3.03. The Bertz CT molecular complexity index is 511. The molecule has 1 aliphatic heterocycles. The van der Waals surface area contributed by atoms with Crippen molar-refractivity contribution in [1.82, 2.24) is 10.2 Å². The van der Waals surface area contributed by atoms with Crippen LogP contribution in [-0.4, -0.2) is 49.6 Å². The molecule has 1 fully saturated rings. The lowest BCUT2D eigenvalue weighted by Crippen LogP contribution is -2.46. The highest BCUT2D eigenvalue weighted by atomic mass is 16.5. The van der Waals surface area contributed by atoms with Crippen molar-refractivity contribution in [1.29, 1.82) is 0 Å². The third-order valence-corrected chi connectivity index (χ3v) is 4.42. The lowest BCUT2D eigenvalue weighted by molar-refractivity contribution is -0.146. The number of carbonyl (C=O) groups is 2. The quantitative estimate of drug-likeness (QED) is 0.614. The van der Waals surface area contributed by atoms with Gasteiger partial charge in [0, 0.05) is 32.8 Å². The van der Waals surface area contributed by atoms with Crippen LogP contribution in [-0.2, 0) is 20.7 Å². The molecule has 2 amide bonds. The summed E-state index contributed by atoms with van der Waals surface area (Å²) in [6.45, 7) is 5.03. The molecule has 0 aromatic heterocycles. The van der Waals surface area contributed by atoms with Gasteiger partial charge in [-0.25, -0.2) is 0 Å². The largest absolute Gasteiger partial charge is 0.382 e. The number of rotatable bonds is 7. The van der Waals surface area contributed by atoms with E-state index >= 15 is 0 Å². The van der Waals surface area contributed by atoms with Crippen molar-refractivity contribution in [2.24, 2.45) is 5.92 Å². The number of ether oxygens (including phenoxy) is 1. The van der Waals surface area contributed by atoms with Crippen LogP contribution in [0.15, 0.2) is 30.3 Å². The summed E-state index contributed by atoms with van der Waals surface area (Å²) < 4.78 is 5.21. The predicted octanol–water partition coefficient (Wildman–Crippen LogP) is 2.01. The average molecular weight is 332 g/mol. The molecule has 0 bridgehead atoms. The van der Waals surface area contributed by atoms with Crippen LogP contribution in [0.3, 0.4) is 0 Å². The lowest BCUT2D eigenvalue weighted by Gasteiger charge is -2.31. The lowest BCUT2D eigenvalue weighted by atomic mass is 9.90. The van der Waals surface area contributed by atoms with Gasteiger partial charge in [-0.3, -0.25) is 9.59 Å². The van der Waals surface area contributed by atoms with Crippen molar-refractivity contribution >= 4 is 11.8 Å². The number of nitrogens with one attached hydrogen (secondary N) is 1. The molecule has 2 rings (SSSR count). The molecule has 1 aromatic rings. The van der Waals surface area contributed by atoms with Crippen molar-refractivity contribution in [3.63, 3.8) is 0 Å². The summed E-state index contributed by atoms with van der Waals surface area (Å²) in [5.41, 5.74) is 1.34. The fraction of sp³-hybridized carbons (Fsp3) is 0.579. The Balaban J connectivity index is 1.67. The zero-order valence-electron chi connectivity index (χ0n) is 14.5. The smallest absolute Gasteiger partial charge is 0.311 e. The molecule has 0 spiro atoms. The number of amides is 2. The van der Waals surface area contributed by atoms with Crippen LogP contribution < -0.4 is 5.32 Å². The SMILES string of the molecule is CCOCCCNC(=O)C(=O)N1CCC(Cc2ccccc2)CC1. The molecular formula is C19H28N2O3. The molecule has 0 unspecified atom stereocenters. The standard InChI is InChI=1S/C19H28N2O3/c1-2-24-14-6-11-20-18(22)19(23)21-12-9-17(10-13-21)15-16-7-4-3-5-8-16/h3-5,7-8,17H,2,6,9-15H2,1H3,(H,20,22). The van der Waals surface area contributed by atoms with E-state index in [1.807, 2.05) is 13.0 Å². The molecule has 5 nitrogen and oxygen atoms in total. The van der Waals surface area contributed by atoms with Crippen molar-refractivity contribution in [2.45, 2.75) is 32.6 Å². The van der Waals surface area contributed by atoms with Gasteiger partial charge < -0.3 is 15.0 Å². The second-order valence-corrected chi connectivity index (χ2v) is 6.23. The molecule has 5 heteroatoms. The Labute approximate surface area is 144 Å². The molecule has 0 saturated carbocycles. The number of benzene rings is 1. The molecule has 1 N–H and O–H groups in total. The summed E-state index contributed by atoms with van der Waals surface area (Å²) in [4.78, 5) is 25.7. The van der Waals surface area contributed by atoms with Crippen LogP contribution in [0.25, 0.3) is 0 Å². The molecular weight excluding hydrogens is 304 g/mol. The molecule has 0 atom stereocenters. The first-order valence-corrected chi connectivity index (χ1v) is 8.89. The first-order valence-electron chi connectivity index (χ1n) is 8.89. The van der Waals surface area contributed by atoms with E-state index in [4.69, 9.17) is 4.74 Å². The summed E-state index contributed by atoms with van der Waals surface area (Å²) in [7, 11) is 0. The maximum atomic E-state index is 12.2. The van der Waals surface area contributed by atoms with Gasteiger partial charge in [0.25, 0.3) is 0 Å². The zero-order chi connectivity index (χ0) is 17.2. The number of carbonyl (C=O) groups excluding carboxylic acids is 2. The van der Waals surface area contributed by atoms with Crippen LogP contribution in [0.2, 0.25) is 0 Å². The van der Waals surface area contributed by atoms with Crippen LogP contribution in [0.1, 0.15) is 31.7 Å². The highest BCUT2D eigenvalue weighted by Gasteiger charge is 2.26. The molecule has 0 radical (unpaired) electrons. The maximum Gasteiger partial charge on any atom is 0.311 e. The Kier molecular flexibility index (Phi) is 7.75. The summed E-state index contributed by atoms with van der Waals surface area (Å²) >= 11 is 0. The Morgan fingerprint density at radius 2 is 1.92 bits per heavy atom. The van der Waals surface area contributed by atoms with Crippen LogP contribution in [0.5, 0.6) is 0 Å². The van der Waals surface area contributed by atoms with E-state index in [1.54, 1.807) is 4.90 Å². The third kappa shape index (κ3) is 5.96. The average Bonchev–Trinajstić information content (AvgIpc) is 2.62. The van der Waals surface area contributed by atoms with Gasteiger partial charge in [-0.1, -0.05) is 30.3 Å². The third-order valence-electron chi connectivity index (χ3n) is 4.42. The summed E-state index contributed by atoms with van der Waals surface area (Å²) in [6.07, 6.45) is 3.69.